The van der Waals surface area contributed by atoms with Gasteiger partial charge in [0.25, 0.3) is 0 Å². The topological polar surface area (TPSA) is 50.7 Å². The molecule has 0 amide bonds. The van der Waals surface area contributed by atoms with E-state index in [2.05, 4.69) is 96.9 Å². The second kappa shape index (κ2) is 10.1. The minimum atomic E-state index is -0.555. The summed E-state index contributed by atoms with van der Waals surface area (Å²) < 4.78 is 11.4. The molecular formula is C34H33NO3. The average molecular weight is 504 g/mol. The first-order valence-electron chi connectivity index (χ1n) is 13.3. The Hall–Kier alpha value is -3.86. The summed E-state index contributed by atoms with van der Waals surface area (Å²) in [6, 6.07) is 29.8. The van der Waals surface area contributed by atoms with Gasteiger partial charge in [0.15, 0.2) is 0 Å². The number of benzene rings is 4. The fourth-order valence-corrected chi connectivity index (χ4v) is 6.06. The van der Waals surface area contributed by atoms with Gasteiger partial charge in [0.2, 0.25) is 0 Å². The summed E-state index contributed by atoms with van der Waals surface area (Å²) in [5.41, 5.74) is 5.20. The van der Waals surface area contributed by atoms with Gasteiger partial charge in [-0.15, -0.1) is 6.58 Å². The number of aliphatic hydroxyl groups excluding tert-OH is 1. The van der Waals surface area contributed by atoms with Crippen molar-refractivity contribution in [2.24, 2.45) is 0 Å². The van der Waals surface area contributed by atoms with Crippen LogP contribution in [0.4, 0.5) is 5.69 Å². The van der Waals surface area contributed by atoms with Crippen LogP contribution in [0, 0.1) is 0 Å². The van der Waals surface area contributed by atoms with Gasteiger partial charge in [0.05, 0.1) is 6.61 Å². The maximum Gasteiger partial charge on any atom is 0.119 e. The second-order valence-electron chi connectivity index (χ2n) is 10.1. The van der Waals surface area contributed by atoms with E-state index in [0.717, 1.165) is 48.6 Å². The van der Waals surface area contributed by atoms with Crippen LogP contribution in [0.25, 0.3) is 16.8 Å². The minimum Gasteiger partial charge on any atom is -0.491 e. The second-order valence-corrected chi connectivity index (χ2v) is 10.1. The standard InChI is InChI=1S/C34H33NO3/c1-2-33(18-21-37-22-19-33)31-24-32-30(28-10-6-7-11-29(28)31)16-17-34(35-32,25-8-4-3-5-9-25)26-12-14-27(15-13-26)38-23-20-36/h2-17,24,35-36H,1,18-23H2. The molecule has 2 heterocycles. The molecule has 0 saturated carbocycles. The van der Waals surface area contributed by atoms with Crippen molar-refractivity contribution in [3.63, 3.8) is 0 Å². The quantitative estimate of drug-likeness (QED) is 0.272. The summed E-state index contributed by atoms with van der Waals surface area (Å²) in [7, 11) is 0. The van der Waals surface area contributed by atoms with Crippen molar-refractivity contribution < 1.29 is 14.6 Å². The van der Waals surface area contributed by atoms with Crippen molar-refractivity contribution >= 4 is 22.5 Å². The molecule has 1 unspecified atom stereocenters. The highest BCUT2D eigenvalue weighted by atomic mass is 16.5. The van der Waals surface area contributed by atoms with Gasteiger partial charge in [-0.1, -0.05) is 78.9 Å². The van der Waals surface area contributed by atoms with E-state index in [1.165, 1.54) is 21.9 Å². The molecule has 2 aliphatic heterocycles. The van der Waals surface area contributed by atoms with Crippen molar-refractivity contribution in [1.82, 2.24) is 0 Å². The molecule has 1 saturated heterocycles. The lowest BCUT2D eigenvalue weighted by atomic mass is 9.71. The van der Waals surface area contributed by atoms with E-state index < -0.39 is 5.54 Å². The number of hydrogen-bond donors (Lipinski definition) is 2. The third-order valence-corrected chi connectivity index (χ3v) is 8.13. The van der Waals surface area contributed by atoms with Gasteiger partial charge in [-0.25, -0.2) is 0 Å². The zero-order valence-electron chi connectivity index (χ0n) is 21.5. The molecule has 0 bridgehead atoms. The third kappa shape index (κ3) is 4.10. The summed E-state index contributed by atoms with van der Waals surface area (Å²) in [6.45, 7) is 6.04. The van der Waals surface area contributed by atoms with Crippen LogP contribution in [0.5, 0.6) is 5.75 Å². The molecular weight excluding hydrogens is 470 g/mol. The van der Waals surface area contributed by atoms with E-state index in [1.54, 1.807) is 0 Å². The van der Waals surface area contributed by atoms with Crippen molar-refractivity contribution in [2.45, 2.75) is 23.8 Å². The molecule has 2 aliphatic rings. The summed E-state index contributed by atoms with van der Waals surface area (Å²) in [6.07, 6.45) is 8.53. The fraction of sp³-hybridized carbons (Fsp3) is 0.235. The van der Waals surface area contributed by atoms with E-state index in [9.17, 15) is 0 Å². The fourth-order valence-electron chi connectivity index (χ4n) is 6.06. The normalized spacial score (nSPS) is 19.9. The van der Waals surface area contributed by atoms with Gasteiger partial charge in [0.1, 0.15) is 17.9 Å². The van der Waals surface area contributed by atoms with E-state index >= 15 is 0 Å². The lowest BCUT2D eigenvalue weighted by Crippen LogP contribution is -2.37. The molecule has 192 valence electrons. The van der Waals surface area contributed by atoms with Gasteiger partial charge in [-0.2, -0.15) is 0 Å². The number of nitrogens with one attached hydrogen (secondary N) is 1. The first-order valence-corrected chi connectivity index (χ1v) is 13.3. The Morgan fingerprint density at radius 3 is 2.29 bits per heavy atom. The van der Waals surface area contributed by atoms with Crippen molar-refractivity contribution in [3.8, 4) is 5.75 Å². The van der Waals surface area contributed by atoms with Crippen LogP contribution in [0.3, 0.4) is 0 Å². The van der Waals surface area contributed by atoms with Crippen LogP contribution in [-0.2, 0) is 15.7 Å². The monoisotopic (exact) mass is 503 g/mol. The highest BCUT2D eigenvalue weighted by Crippen LogP contribution is 2.47. The zero-order chi connectivity index (χ0) is 26.0. The van der Waals surface area contributed by atoms with Crippen LogP contribution in [0.1, 0.15) is 35.1 Å². The van der Waals surface area contributed by atoms with Gasteiger partial charge >= 0.3 is 0 Å². The first-order chi connectivity index (χ1) is 18.7. The molecule has 0 aromatic heterocycles. The van der Waals surface area contributed by atoms with Crippen LogP contribution in [0.2, 0.25) is 0 Å². The molecule has 0 spiro atoms. The Morgan fingerprint density at radius 1 is 0.895 bits per heavy atom. The maximum absolute atomic E-state index is 9.14. The first kappa shape index (κ1) is 24.5. The van der Waals surface area contributed by atoms with Crippen LogP contribution >= 0.6 is 0 Å². The Morgan fingerprint density at radius 2 is 1.58 bits per heavy atom. The molecule has 4 heteroatoms. The highest BCUT2D eigenvalue weighted by molar-refractivity contribution is 6.00. The Bertz CT molecular complexity index is 1470. The third-order valence-electron chi connectivity index (χ3n) is 8.13. The number of rotatable bonds is 7. The van der Waals surface area contributed by atoms with Crippen LogP contribution in [0.15, 0.2) is 104 Å². The van der Waals surface area contributed by atoms with Gasteiger partial charge in [-0.3, -0.25) is 0 Å². The average Bonchev–Trinajstić information content (AvgIpc) is 3.00. The summed E-state index contributed by atoms with van der Waals surface area (Å²) in [5, 5.41) is 15.6. The number of anilines is 1. The molecule has 0 radical (unpaired) electrons. The van der Waals surface area contributed by atoms with Gasteiger partial charge in [0, 0.05) is 29.9 Å². The molecule has 4 aromatic rings. The molecule has 2 N–H and O–H groups in total. The van der Waals surface area contributed by atoms with Crippen molar-refractivity contribution in [1.29, 1.82) is 0 Å². The number of allylic oxidation sites excluding steroid dienone is 1. The van der Waals surface area contributed by atoms with Crippen molar-refractivity contribution in [3.05, 3.63) is 126 Å². The highest BCUT2D eigenvalue weighted by Gasteiger charge is 2.38. The molecule has 6 rings (SSSR count). The largest absolute Gasteiger partial charge is 0.491 e. The van der Waals surface area contributed by atoms with Crippen molar-refractivity contribution in [2.75, 3.05) is 31.7 Å². The number of hydrogen-bond acceptors (Lipinski definition) is 4. The number of aliphatic hydroxyl groups is 1. The summed E-state index contributed by atoms with van der Waals surface area (Å²) in [5.74, 6) is 0.743. The number of fused-ring (bicyclic) bond motifs is 3. The smallest absolute Gasteiger partial charge is 0.119 e. The lowest BCUT2D eigenvalue weighted by Gasteiger charge is -2.40. The molecule has 1 fully saturated rings. The zero-order valence-corrected chi connectivity index (χ0v) is 21.5. The molecule has 4 aromatic carbocycles. The van der Waals surface area contributed by atoms with Gasteiger partial charge < -0.3 is 19.9 Å². The lowest BCUT2D eigenvalue weighted by molar-refractivity contribution is 0.0659. The maximum atomic E-state index is 9.14. The van der Waals surface area contributed by atoms with E-state index in [-0.39, 0.29) is 18.6 Å². The molecule has 0 aliphatic carbocycles. The van der Waals surface area contributed by atoms with Crippen LogP contribution < -0.4 is 10.1 Å². The van der Waals surface area contributed by atoms with Gasteiger partial charge in [-0.05, 0) is 64.6 Å². The Labute approximate surface area is 224 Å². The SMILES string of the molecule is C=CC1(c2cc3c(c4ccccc24)C=CC(c2ccccc2)(c2ccc(OCCO)cc2)N3)CCOCC1. The number of ether oxygens (including phenoxy) is 2. The summed E-state index contributed by atoms with van der Waals surface area (Å²) >= 11 is 0. The Balaban J connectivity index is 1.53. The Kier molecular flexibility index (Phi) is 6.52. The predicted molar refractivity (Wildman–Crippen MR) is 155 cm³/mol. The van der Waals surface area contributed by atoms with Crippen LogP contribution in [-0.4, -0.2) is 31.5 Å². The minimum absolute atomic E-state index is 0.00854. The van der Waals surface area contributed by atoms with E-state index in [0.29, 0.717) is 0 Å². The molecule has 38 heavy (non-hydrogen) atoms. The predicted octanol–water partition coefficient (Wildman–Crippen LogP) is 6.83. The van der Waals surface area contributed by atoms with E-state index in [4.69, 9.17) is 14.6 Å². The molecule has 4 nitrogen and oxygen atoms in total. The summed E-state index contributed by atoms with van der Waals surface area (Å²) in [4.78, 5) is 0. The molecule has 1 atom stereocenters. The van der Waals surface area contributed by atoms with E-state index in [1.807, 2.05) is 18.2 Å².